The molecule has 0 aromatic heterocycles. The molecule has 1 saturated carbocycles. The zero-order valence-corrected chi connectivity index (χ0v) is 23.5. The molecule has 3 fully saturated rings. The number of rotatable bonds is 14. The van der Waals surface area contributed by atoms with Crippen LogP contribution in [0, 0.1) is 11.8 Å². The molecule has 1 amide bonds. The molecule has 3 rings (SSSR count). The molecule has 0 bridgehead atoms. The van der Waals surface area contributed by atoms with Crippen molar-refractivity contribution in [2.24, 2.45) is 11.8 Å². The van der Waals surface area contributed by atoms with E-state index in [1.165, 1.54) is 5.57 Å². The third-order valence-electron chi connectivity index (χ3n) is 7.89. The lowest BCUT2D eigenvalue weighted by Gasteiger charge is -2.43. The number of hydrogen-bond donors (Lipinski definition) is 3. The average Bonchev–Trinajstić information content (AvgIpc) is 3.71. The van der Waals surface area contributed by atoms with Crippen molar-refractivity contribution >= 4 is 5.91 Å². The summed E-state index contributed by atoms with van der Waals surface area (Å²) in [6, 6.07) is -0.574. The van der Waals surface area contributed by atoms with E-state index in [0.29, 0.717) is 19.6 Å². The van der Waals surface area contributed by atoms with E-state index in [-0.39, 0.29) is 47.3 Å². The van der Waals surface area contributed by atoms with E-state index in [0.717, 1.165) is 25.8 Å². The van der Waals surface area contributed by atoms with Crippen LogP contribution in [0.15, 0.2) is 11.6 Å². The van der Waals surface area contributed by atoms with Crippen LogP contribution in [0.2, 0.25) is 0 Å². The number of amides is 1. The molecule has 208 valence electrons. The van der Waals surface area contributed by atoms with Gasteiger partial charge in [-0.2, -0.15) is 0 Å². The Bertz CT molecular complexity index is 767. The van der Waals surface area contributed by atoms with Crippen LogP contribution in [-0.2, 0) is 23.7 Å². The quantitative estimate of drug-likeness (QED) is 0.141. The molecule has 36 heavy (non-hydrogen) atoms. The number of epoxide rings is 2. The third-order valence-corrected chi connectivity index (χ3v) is 7.89. The molecule has 0 radical (unpaired) electrons. The first-order chi connectivity index (χ1) is 16.9. The number of aliphatic hydroxyl groups is 1. The second-order valence-corrected chi connectivity index (χ2v) is 11.7. The minimum atomic E-state index is -1.29. The fourth-order valence-corrected chi connectivity index (χ4v) is 5.74. The van der Waals surface area contributed by atoms with Crippen LogP contribution in [0.1, 0.15) is 60.3 Å². The lowest BCUT2D eigenvalue weighted by molar-refractivity contribution is -0.218. The molecule has 1 unspecified atom stereocenters. The number of nitrogens with zero attached hydrogens (tertiary/aromatic N) is 1. The van der Waals surface area contributed by atoms with Gasteiger partial charge in [0.1, 0.15) is 5.60 Å². The van der Waals surface area contributed by atoms with Gasteiger partial charge in [0.05, 0.1) is 42.5 Å². The number of aliphatic hydroxyl groups excluding tert-OH is 1. The van der Waals surface area contributed by atoms with Crippen molar-refractivity contribution in [1.82, 2.24) is 15.5 Å². The van der Waals surface area contributed by atoms with Gasteiger partial charge < -0.3 is 34.3 Å². The zero-order valence-electron chi connectivity index (χ0n) is 23.5. The highest BCUT2D eigenvalue weighted by Gasteiger charge is 2.72. The van der Waals surface area contributed by atoms with Crippen molar-refractivity contribution in [1.29, 1.82) is 0 Å². The van der Waals surface area contributed by atoms with E-state index in [1.807, 2.05) is 27.9 Å². The largest absolute Gasteiger partial charge is 0.378 e. The molecule has 0 aromatic carbocycles. The molecule has 3 N–H and O–H groups in total. The Morgan fingerprint density at radius 3 is 2.56 bits per heavy atom. The van der Waals surface area contributed by atoms with Gasteiger partial charge in [0, 0.05) is 13.7 Å². The van der Waals surface area contributed by atoms with Gasteiger partial charge in [0.15, 0.2) is 0 Å². The molecule has 1 spiro atoms. The van der Waals surface area contributed by atoms with Crippen molar-refractivity contribution in [3.05, 3.63) is 11.6 Å². The lowest BCUT2D eigenvalue weighted by Crippen LogP contribution is -2.58. The molecule has 2 saturated heterocycles. The highest BCUT2D eigenvalue weighted by Crippen LogP contribution is 2.59. The van der Waals surface area contributed by atoms with Crippen LogP contribution in [0.25, 0.3) is 0 Å². The van der Waals surface area contributed by atoms with Crippen LogP contribution < -0.4 is 10.6 Å². The summed E-state index contributed by atoms with van der Waals surface area (Å²) in [5.74, 6) is -0.160. The highest BCUT2D eigenvalue weighted by atomic mass is 16.7. The monoisotopic (exact) mass is 511 g/mol. The van der Waals surface area contributed by atoms with Crippen molar-refractivity contribution in [3.63, 3.8) is 0 Å². The Labute approximate surface area is 217 Å². The van der Waals surface area contributed by atoms with E-state index in [1.54, 1.807) is 7.11 Å². The lowest BCUT2D eigenvalue weighted by atomic mass is 9.68. The van der Waals surface area contributed by atoms with Gasteiger partial charge in [-0.05, 0) is 73.0 Å². The standard InChI is InChI=1S/C27H49N3O6/c1-17(2)10-11-20-26(5,36-20)23-22(33-8)19(12-13-27(23)16-34-27)35-25(32)29-21(18(3)4)24(31)28-14-9-15-30(6)7/h10,18-23,25,29,32H,9,11-16H2,1-8H3,(H,28,31)/t19-,20-,21-,22-,23-,25?,26+,27+/m1/s1. The number of ether oxygens (including phenoxy) is 4. The first kappa shape index (κ1) is 29.5. The maximum absolute atomic E-state index is 12.8. The third kappa shape index (κ3) is 7.07. The van der Waals surface area contributed by atoms with Crippen LogP contribution in [0.4, 0.5) is 0 Å². The van der Waals surface area contributed by atoms with E-state index >= 15 is 0 Å². The minimum Gasteiger partial charge on any atom is -0.378 e. The second kappa shape index (κ2) is 12.2. The number of nitrogens with one attached hydrogen (secondary N) is 2. The smallest absolute Gasteiger partial charge is 0.237 e. The van der Waals surface area contributed by atoms with E-state index in [9.17, 15) is 9.90 Å². The Balaban J connectivity index is 1.61. The van der Waals surface area contributed by atoms with Gasteiger partial charge in [-0.1, -0.05) is 25.5 Å². The van der Waals surface area contributed by atoms with Gasteiger partial charge in [0.25, 0.3) is 0 Å². The van der Waals surface area contributed by atoms with Crippen molar-refractivity contribution in [2.45, 2.75) is 102 Å². The summed E-state index contributed by atoms with van der Waals surface area (Å²) in [7, 11) is 5.70. The molecule has 2 heterocycles. The number of carbonyl (C=O) groups is 1. The Morgan fingerprint density at radius 1 is 1.31 bits per heavy atom. The number of carbonyl (C=O) groups excluding carboxylic acids is 1. The molecular formula is C27H49N3O6. The zero-order chi connectivity index (χ0) is 26.7. The van der Waals surface area contributed by atoms with Crippen molar-refractivity contribution in [3.8, 4) is 0 Å². The molecule has 9 heteroatoms. The summed E-state index contributed by atoms with van der Waals surface area (Å²) in [6.07, 6.45) is 3.62. The molecule has 2 aliphatic heterocycles. The van der Waals surface area contributed by atoms with Gasteiger partial charge in [0.2, 0.25) is 12.3 Å². The van der Waals surface area contributed by atoms with Crippen LogP contribution in [-0.4, -0.2) is 98.8 Å². The summed E-state index contributed by atoms with van der Waals surface area (Å²) in [5, 5.41) is 16.8. The normalized spacial score (nSPS) is 35.1. The van der Waals surface area contributed by atoms with E-state index in [4.69, 9.17) is 18.9 Å². The van der Waals surface area contributed by atoms with Crippen molar-refractivity contribution in [2.75, 3.05) is 40.9 Å². The summed E-state index contributed by atoms with van der Waals surface area (Å²) in [4.78, 5) is 14.9. The second-order valence-electron chi connectivity index (χ2n) is 11.7. The average molecular weight is 512 g/mol. The van der Waals surface area contributed by atoms with Gasteiger partial charge >= 0.3 is 0 Å². The molecule has 0 aromatic rings. The fourth-order valence-electron chi connectivity index (χ4n) is 5.74. The molecule has 8 atom stereocenters. The van der Waals surface area contributed by atoms with Crippen LogP contribution in [0.3, 0.4) is 0 Å². The van der Waals surface area contributed by atoms with E-state index < -0.39 is 12.5 Å². The topological polar surface area (TPSA) is 108 Å². The van der Waals surface area contributed by atoms with Gasteiger partial charge in [-0.3, -0.25) is 10.1 Å². The van der Waals surface area contributed by atoms with Crippen molar-refractivity contribution < 1.29 is 28.8 Å². The molecule has 1 aliphatic carbocycles. The number of allylic oxidation sites excluding steroid dienone is 1. The fraction of sp³-hybridized carbons (Fsp3) is 0.889. The highest BCUT2D eigenvalue weighted by molar-refractivity contribution is 5.81. The summed E-state index contributed by atoms with van der Waals surface area (Å²) < 4.78 is 24.3. The number of hydrogen-bond acceptors (Lipinski definition) is 8. The predicted molar refractivity (Wildman–Crippen MR) is 138 cm³/mol. The molecular weight excluding hydrogens is 462 g/mol. The van der Waals surface area contributed by atoms with Gasteiger partial charge in [-0.15, -0.1) is 0 Å². The Hall–Kier alpha value is -1.07. The van der Waals surface area contributed by atoms with E-state index in [2.05, 4.69) is 42.4 Å². The SMILES string of the molecule is CO[C@@H]1[C@H](OC(O)N[C@@H](C(=O)NCCCN(C)C)C(C)C)CC[C@]2(CO2)[C@H]1[C@@]1(C)O[C@@H]1CC=C(C)C. The summed E-state index contributed by atoms with van der Waals surface area (Å²) in [6.45, 7) is 12.4. The Morgan fingerprint density at radius 2 is 2.00 bits per heavy atom. The minimum absolute atomic E-state index is 0.00240. The summed E-state index contributed by atoms with van der Waals surface area (Å²) >= 11 is 0. The summed E-state index contributed by atoms with van der Waals surface area (Å²) in [5.41, 5.74) is 0.658. The van der Waals surface area contributed by atoms with Crippen LogP contribution in [0.5, 0.6) is 0 Å². The maximum atomic E-state index is 12.8. The Kier molecular flexibility index (Phi) is 9.99. The van der Waals surface area contributed by atoms with Gasteiger partial charge in [-0.25, -0.2) is 0 Å². The van der Waals surface area contributed by atoms with Crippen LogP contribution >= 0.6 is 0 Å². The predicted octanol–water partition coefficient (Wildman–Crippen LogP) is 2.04. The first-order valence-electron chi connectivity index (χ1n) is 13.4. The first-order valence-corrected chi connectivity index (χ1v) is 13.4. The molecule has 3 aliphatic rings. The maximum Gasteiger partial charge on any atom is 0.237 e. The number of methoxy groups -OCH3 is 1. The molecule has 9 nitrogen and oxygen atoms in total.